The average Bonchev–Trinajstić information content (AvgIpc) is 2.88. The quantitative estimate of drug-likeness (QED) is 0.903. The summed E-state index contributed by atoms with van der Waals surface area (Å²) < 4.78 is 0. The number of anilines is 1. The van der Waals surface area contributed by atoms with Crippen LogP contribution in [-0.4, -0.2) is 21.1 Å². The molecule has 0 aliphatic carbocycles. The Bertz CT molecular complexity index is 539. The van der Waals surface area contributed by atoms with Crippen LogP contribution in [0.1, 0.15) is 32.2 Å². The smallest absolute Gasteiger partial charge is 0.232 e. The molecule has 2 rings (SSSR count). The van der Waals surface area contributed by atoms with Crippen molar-refractivity contribution in [2.75, 3.05) is 5.32 Å². The molecule has 6 heteroatoms. The van der Waals surface area contributed by atoms with E-state index < -0.39 is 0 Å². The number of thiazole rings is 1. The number of carbonyl (C=O) groups is 1. The zero-order valence-corrected chi connectivity index (χ0v) is 12.2. The van der Waals surface area contributed by atoms with Crippen molar-refractivity contribution in [2.24, 2.45) is 5.41 Å². The Morgan fingerprint density at radius 1 is 1.47 bits per heavy atom. The maximum Gasteiger partial charge on any atom is 0.232 e. The standard InChI is InChI=1S/C13H18N4OS/c1-13(2,3)7-10-8-19-12(15-10)16-11(18)6-9-4-5-14-17-9/h4-5,8H,6-7H2,1-3H3,(H,14,17)(H,15,16,18). The summed E-state index contributed by atoms with van der Waals surface area (Å²) in [5, 5.41) is 12.0. The predicted octanol–water partition coefficient (Wildman–Crippen LogP) is 2.64. The summed E-state index contributed by atoms with van der Waals surface area (Å²) in [6.45, 7) is 6.51. The zero-order chi connectivity index (χ0) is 13.9. The van der Waals surface area contributed by atoms with Crippen molar-refractivity contribution in [1.29, 1.82) is 0 Å². The molecule has 0 bridgehead atoms. The fourth-order valence-corrected chi connectivity index (χ4v) is 2.43. The fourth-order valence-electron chi connectivity index (χ4n) is 1.71. The summed E-state index contributed by atoms with van der Waals surface area (Å²) in [7, 11) is 0. The Balaban J connectivity index is 1.91. The highest BCUT2D eigenvalue weighted by molar-refractivity contribution is 7.13. The van der Waals surface area contributed by atoms with E-state index in [4.69, 9.17) is 0 Å². The Morgan fingerprint density at radius 2 is 2.26 bits per heavy atom. The van der Waals surface area contributed by atoms with E-state index in [2.05, 4.69) is 41.3 Å². The topological polar surface area (TPSA) is 70.7 Å². The number of H-pyrrole nitrogens is 1. The summed E-state index contributed by atoms with van der Waals surface area (Å²) in [6, 6.07) is 1.78. The van der Waals surface area contributed by atoms with Crippen molar-refractivity contribution in [3.05, 3.63) is 29.0 Å². The molecule has 0 unspecified atom stereocenters. The molecule has 2 aromatic heterocycles. The average molecular weight is 278 g/mol. The highest BCUT2D eigenvalue weighted by Crippen LogP contribution is 2.23. The zero-order valence-electron chi connectivity index (χ0n) is 11.4. The van der Waals surface area contributed by atoms with Gasteiger partial charge in [0.05, 0.1) is 12.1 Å². The summed E-state index contributed by atoms with van der Waals surface area (Å²) in [4.78, 5) is 16.2. The molecular formula is C13H18N4OS. The molecule has 0 aliphatic heterocycles. The molecule has 0 atom stereocenters. The molecule has 0 saturated carbocycles. The largest absolute Gasteiger partial charge is 0.302 e. The van der Waals surface area contributed by atoms with Crippen LogP contribution in [0.2, 0.25) is 0 Å². The maximum atomic E-state index is 11.8. The van der Waals surface area contributed by atoms with Gasteiger partial charge in [-0.05, 0) is 17.9 Å². The van der Waals surface area contributed by atoms with Gasteiger partial charge in [-0.3, -0.25) is 9.89 Å². The van der Waals surface area contributed by atoms with Crippen LogP contribution in [0.15, 0.2) is 17.6 Å². The molecule has 2 heterocycles. The van der Waals surface area contributed by atoms with Crippen molar-refractivity contribution in [2.45, 2.75) is 33.6 Å². The Labute approximate surface area is 116 Å². The highest BCUT2D eigenvalue weighted by atomic mass is 32.1. The third-order valence-corrected chi connectivity index (χ3v) is 3.23. The second kappa shape index (κ2) is 5.52. The third-order valence-electron chi connectivity index (χ3n) is 2.42. The van der Waals surface area contributed by atoms with Crippen molar-refractivity contribution < 1.29 is 4.79 Å². The minimum Gasteiger partial charge on any atom is -0.302 e. The lowest BCUT2D eigenvalue weighted by molar-refractivity contribution is -0.115. The molecule has 0 saturated heterocycles. The van der Waals surface area contributed by atoms with Crippen LogP contribution < -0.4 is 5.32 Å². The van der Waals surface area contributed by atoms with Gasteiger partial charge in [0.15, 0.2) is 5.13 Å². The van der Waals surface area contributed by atoms with Gasteiger partial charge in [-0.2, -0.15) is 5.10 Å². The molecule has 0 spiro atoms. The fraction of sp³-hybridized carbons (Fsp3) is 0.462. The molecule has 0 aliphatic rings. The first kappa shape index (κ1) is 13.7. The third kappa shape index (κ3) is 4.48. The number of amides is 1. The van der Waals surface area contributed by atoms with E-state index >= 15 is 0 Å². The van der Waals surface area contributed by atoms with Gasteiger partial charge in [0, 0.05) is 17.3 Å². The van der Waals surface area contributed by atoms with Gasteiger partial charge in [0.1, 0.15) is 0 Å². The van der Waals surface area contributed by atoms with Gasteiger partial charge in [-0.25, -0.2) is 4.98 Å². The van der Waals surface area contributed by atoms with Crippen LogP contribution in [-0.2, 0) is 17.6 Å². The Morgan fingerprint density at radius 3 is 2.89 bits per heavy atom. The highest BCUT2D eigenvalue weighted by Gasteiger charge is 2.14. The van der Waals surface area contributed by atoms with Gasteiger partial charge in [0.2, 0.25) is 5.91 Å². The minimum atomic E-state index is -0.0825. The molecule has 5 nitrogen and oxygen atoms in total. The van der Waals surface area contributed by atoms with Crippen molar-refractivity contribution in [1.82, 2.24) is 15.2 Å². The molecule has 19 heavy (non-hydrogen) atoms. The van der Waals surface area contributed by atoms with Crippen molar-refractivity contribution in [3.63, 3.8) is 0 Å². The first-order chi connectivity index (χ1) is 8.92. The van der Waals surface area contributed by atoms with Crippen molar-refractivity contribution >= 4 is 22.4 Å². The number of rotatable bonds is 4. The van der Waals surface area contributed by atoms with Gasteiger partial charge >= 0.3 is 0 Å². The number of hydrogen-bond acceptors (Lipinski definition) is 4. The molecule has 0 fully saturated rings. The van der Waals surface area contributed by atoms with Crippen LogP contribution in [0.4, 0.5) is 5.13 Å². The molecule has 2 aromatic rings. The van der Waals surface area contributed by atoms with Crippen LogP contribution in [0, 0.1) is 5.41 Å². The van der Waals surface area contributed by atoms with Crippen LogP contribution in [0.3, 0.4) is 0 Å². The SMILES string of the molecule is CC(C)(C)Cc1csc(NC(=O)Cc2ccn[nH]2)n1. The number of nitrogens with zero attached hydrogens (tertiary/aromatic N) is 2. The summed E-state index contributed by atoms with van der Waals surface area (Å²) in [6.07, 6.45) is 2.82. The number of hydrogen-bond donors (Lipinski definition) is 2. The molecule has 1 amide bonds. The summed E-state index contributed by atoms with van der Waals surface area (Å²) in [5.74, 6) is -0.0825. The monoisotopic (exact) mass is 278 g/mol. The number of carbonyl (C=O) groups excluding carboxylic acids is 1. The maximum absolute atomic E-state index is 11.8. The first-order valence-electron chi connectivity index (χ1n) is 6.15. The van der Waals surface area contributed by atoms with Crippen LogP contribution in [0.5, 0.6) is 0 Å². The van der Waals surface area contributed by atoms with E-state index in [1.54, 1.807) is 12.3 Å². The van der Waals surface area contributed by atoms with E-state index in [-0.39, 0.29) is 17.7 Å². The molecular weight excluding hydrogens is 260 g/mol. The summed E-state index contributed by atoms with van der Waals surface area (Å²) in [5.41, 5.74) is 2.02. The number of aromatic nitrogens is 3. The second-order valence-electron chi connectivity index (χ2n) is 5.69. The number of nitrogens with one attached hydrogen (secondary N) is 2. The molecule has 102 valence electrons. The van der Waals surface area contributed by atoms with E-state index in [9.17, 15) is 4.79 Å². The predicted molar refractivity (Wildman–Crippen MR) is 76.2 cm³/mol. The lowest BCUT2D eigenvalue weighted by Crippen LogP contribution is -2.15. The van der Waals surface area contributed by atoms with Gasteiger partial charge in [-0.15, -0.1) is 11.3 Å². The molecule has 2 N–H and O–H groups in total. The Kier molecular flexibility index (Phi) is 3.99. The summed E-state index contributed by atoms with van der Waals surface area (Å²) >= 11 is 1.46. The van der Waals surface area contributed by atoms with Gasteiger partial charge < -0.3 is 5.32 Å². The number of aromatic amines is 1. The van der Waals surface area contributed by atoms with Gasteiger partial charge in [-0.1, -0.05) is 20.8 Å². The van der Waals surface area contributed by atoms with Gasteiger partial charge in [0.25, 0.3) is 0 Å². The first-order valence-corrected chi connectivity index (χ1v) is 7.03. The van der Waals surface area contributed by atoms with Crippen LogP contribution >= 0.6 is 11.3 Å². The second-order valence-corrected chi connectivity index (χ2v) is 6.55. The lowest BCUT2D eigenvalue weighted by atomic mass is 9.91. The lowest BCUT2D eigenvalue weighted by Gasteiger charge is -2.15. The van der Waals surface area contributed by atoms with E-state index in [0.29, 0.717) is 5.13 Å². The van der Waals surface area contributed by atoms with E-state index in [1.807, 2.05) is 5.38 Å². The van der Waals surface area contributed by atoms with E-state index in [1.165, 1.54) is 11.3 Å². The normalized spacial score (nSPS) is 11.5. The van der Waals surface area contributed by atoms with Crippen LogP contribution in [0.25, 0.3) is 0 Å². The van der Waals surface area contributed by atoms with E-state index in [0.717, 1.165) is 17.8 Å². The Hall–Kier alpha value is -1.69. The minimum absolute atomic E-state index is 0.0825. The molecule has 0 radical (unpaired) electrons. The van der Waals surface area contributed by atoms with Crippen molar-refractivity contribution in [3.8, 4) is 0 Å². The molecule has 0 aromatic carbocycles.